The molecule has 0 heterocycles. The van der Waals surface area contributed by atoms with Gasteiger partial charge in [0.05, 0.1) is 0 Å². The molecule has 1 rings (SSSR count). The molecule has 1 aromatic carbocycles. The van der Waals surface area contributed by atoms with E-state index in [1.165, 1.54) is 12.1 Å². The molecule has 0 saturated carbocycles. The fourth-order valence-electron chi connectivity index (χ4n) is 1.84. The zero-order chi connectivity index (χ0) is 12.3. The van der Waals surface area contributed by atoms with Crippen molar-refractivity contribution in [2.24, 2.45) is 0 Å². The van der Waals surface area contributed by atoms with E-state index in [2.05, 4.69) is 24.1 Å². The molecule has 1 unspecified atom stereocenters. The highest BCUT2D eigenvalue weighted by Gasteiger charge is 2.31. The van der Waals surface area contributed by atoms with Gasteiger partial charge in [-0.15, -0.1) is 0 Å². The highest BCUT2D eigenvalue weighted by molar-refractivity contribution is 5.23. The van der Waals surface area contributed by atoms with Crippen molar-refractivity contribution >= 4 is 0 Å². The zero-order valence-corrected chi connectivity index (χ0v) is 10.7. The standard InChI is InChI=1S/C13H21FN2/c1-13(2,16(4)5)12(15-3)10-6-8-11(14)9-7-10/h6-9,12,15H,1-5H3. The number of hydrogen-bond donors (Lipinski definition) is 1. The van der Waals surface area contributed by atoms with Crippen LogP contribution in [0.5, 0.6) is 0 Å². The molecule has 0 aliphatic carbocycles. The first kappa shape index (κ1) is 13.1. The number of nitrogens with zero attached hydrogens (tertiary/aromatic N) is 1. The summed E-state index contributed by atoms with van der Waals surface area (Å²) in [5.41, 5.74) is 1.06. The molecule has 0 spiro atoms. The topological polar surface area (TPSA) is 15.3 Å². The van der Waals surface area contributed by atoms with E-state index in [-0.39, 0.29) is 17.4 Å². The van der Waals surface area contributed by atoms with Gasteiger partial charge < -0.3 is 10.2 Å². The minimum Gasteiger partial charge on any atom is -0.311 e. The van der Waals surface area contributed by atoms with E-state index in [0.717, 1.165) is 5.56 Å². The van der Waals surface area contributed by atoms with E-state index in [1.807, 2.05) is 33.3 Å². The smallest absolute Gasteiger partial charge is 0.123 e. The van der Waals surface area contributed by atoms with Gasteiger partial charge >= 0.3 is 0 Å². The number of nitrogens with one attached hydrogen (secondary N) is 1. The molecule has 0 aromatic heterocycles. The molecule has 0 bridgehead atoms. The molecule has 0 saturated heterocycles. The average molecular weight is 224 g/mol. The summed E-state index contributed by atoms with van der Waals surface area (Å²) in [5, 5.41) is 3.30. The van der Waals surface area contributed by atoms with Gasteiger partial charge in [-0.2, -0.15) is 0 Å². The number of hydrogen-bond acceptors (Lipinski definition) is 2. The van der Waals surface area contributed by atoms with Gasteiger partial charge in [-0.1, -0.05) is 12.1 Å². The molecule has 0 radical (unpaired) electrons. The Morgan fingerprint density at radius 2 is 1.69 bits per heavy atom. The first-order valence-electron chi connectivity index (χ1n) is 5.49. The fourth-order valence-corrected chi connectivity index (χ4v) is 1.84. The minimum atomic E-state index is -0.193. The van der Waals surface area contributed by atoms with Crippen LogP contribution in [0, 0.1) is 5.82 Å². The molecule has 3 heteroatoms. The van der Waals surface area contributed by atoms with Crippen molar-refractivity contribution < 1.29 is 4.39 Å². The molecular weight excluding hydrogens is 203 g/mol. The van der Waals surface area contributed by atoms with Crippen LogP contribution in [0.4, 0.5) is 4.39 Å². The molecule has 1 N–H and O–H groups in total. The number of benzene rings is 1. The third-order valence-electron chi connectivity index (χ3n) is 3.35. The van der Waals surface area contributed by atoms with Gasteiger partial charge in [0.2, 0.25) is 0 Å². The quantitative estimate of drug-likeness (QED) is 0.845. The molecule has 0 aliphatic rings. The van der Waals surface area contributed by atoms with Gasteiger partial charge in [-0.05, 0) is 52.7 Å². The van der Waals surface area contributed by atoms with Gasteiger partial charge in [-0.3, -0.25) is 0 Å². The predicted octanol–water partition coefficient (Wildman–Crippen LogP) is 2.43. The Morgan fingerprint density at radius 3 is 2.06 bits per heavy atom. The summed E-state index contributed by atoms with van der Waals surface area (Å²) in [6.07, 6.45) is 0. The minimum absolute atomic E-state index is 0.0351. The SMILES string of the molecule is CNC(c1ccc(F)cc1)C(C)(C)N(C)C. The monoisotopic (exact) mass is 224 g/mol. The lowest BCUT2D eigenvalue weighted by atomic mass is 9.87. The van der Waals surface area contributed by atoms with Gasteiger partial charge in [0.15, 0.2) is 0 Å². The third-order valence-corrected chi connectivity index (χ3v) is 3.35. The fraction of sp³-hybridized carbons (Fsp3) is 0.538. The van der Waals surface area contributed by atoms with Crippen LogP contribution in [-0.2, 0) is 0 Å². The maximum Gasteiger partial charge on any atom is 0.123 e. The summed E-state index contributed by atoms with van der Waals surface area (Å²) >= 11 is 0. The van der Waals surface area contributed by atoms with Crippen LogP contribution in [0.3, 0.4) is 0 Å². The molecule has 1 aromatic rings. The maximum atomic E-state index is 12.9. The molecule has 16 heavy (non-hydrogen) atoms. The Hall–Kier alpha value is -0.930. The van der Waals surface area contributed by atoms with Gasteiger partial charge in [-0.25, -0.2) is 4.39 Å². The van der Waals surface area contributed by atoms with Crippen LogP contribution < -0.4 is 5.32 Å². The number of halogens is 1. The largest absolute Gasteiger partial charge is 0.311 e. The lowest BCUT2D eigenvalue weighted by Crippen LogP contribution is -2.48. The van der Waals surface area contributed by atoms with E-state index >= 15 is 0 Å². The lowest BCUT2D eigenvalue weighted by molar-refractivity contribution is 0.142. The second-order valence-corrected chi connectivity index (χ2v) is 4.82. The Bertz CT molecular complexity index is 330. The van der Waals surface area contributed by atoms with Crippen LogP contribution in [0.2, 0.25) is 0 Å². The summed E-state index contributed by atoms with van der Waals surface area (Å²) in [6.45, 7) is 4.33. The van der Waals surface area contributed by atoms with Crippen molar-refractivity contribution in [3.63, 3.8) is 0 Å². The molecule has 0 fully saturated rings. The summed E-state index contributed by atoms with van der Waals surface area (Å²) in [5.74, 6) is -0.193. The van der Waals surface area contributed by atoms with E-state index in [1.54, 1.807) is 0 Å². The normalized spacial score (nSPS) is 14.2. The first-order chi connectivity index (χ1) is 7.39. The number of rotatable bonds is 4. The van der Waals surface area contributed by atoms with E-state index in [4.69, 9.17) is 0 Å². The Kier molecular flexibility index (Phi) is 4.05. The first-order valence-corrected chi connectivity index (χ1v) is 5.49. The van der Waals surface area contributed by atoms with Crippen molar-refractivity contribution in [1.29, 1.82) is 0 Å². The van der Waals surface area contributed by atoms with Gasteiger partial charge in [0, 0.05) is 11.6 Å². The lowest BCUT2D eigenvalue weighted by Gasteiger charge is -2.40. The maximum absolute atomic E-state index is 12.9. The summed E-state index contributed by atoms with van der Waals surface area (Å²) in [6, 6.07) is 6.85. The van der Waals surface area contributed by atoms with E-state index in [9.17, 15) is 4.39 Å². The highest BCUT2D eigenvalue weighted by Crippen LogP contribution is 2.29. The summed E-state index contributed by atoms with van der Waals surface area (Å²) in [7, 11) is 6.03. The molecule has 0 amide bonds. The third kappa shape index (κ3) is 2.60. The second kappa shape index (κ2) is 4.93. The molecule has 90 valence electrons. The van der Waals surface area contributed by atoms with Gasteiger partial charge in [0.1, 0.15) is 5.82 Å². The molecule has 1 atom stereocenters. The van der Waals surface area contributed by atoms with Crippen molar-refractivity contribution in [1.82, 2.24) is 10.2 Å². The molecule has 0 aliphatic heterocycles. The predicted molar refractivity (Wildman–Crippen MR) is 66.0 cm³/mol. The second-order valence-electron chi connectivity index (χ2n) is 4.82. The van der Waals surface area contributed by atoms with Gasteiger partial charge in [0.25, 0.3) is 0 Å². The molecule has 2 nitrogen and oxygen atoms in total. The Balaban J connectivity index is 3.03. The summed E-state index contributed by atoms with van der Waals surface area (Å²) in [4.78, 5) is 2.16. The molecular formula is C13H21FN2. The van der Waals surface area contributed by atoms with Crippen molar-refractivity contribution in [2.45, 2.75) is 25.4 Å². The van der Waals surface area contributed by atoms with Crippen LogP contribution in [0.25, 0.3) is 0 Å². The van der Waals surface area contributed by atoms with Crippen molar-refractivity contribution in [2.75, 3.05) is 21.1 Å². The van der Waals surface area contributed by atoms with Crippen molar-refractivity contribution in [3.05, 3.63) is 35.6 Å². The van der Waals surface area contributed by atoms with E-state index < -0.39 is 0 Å². The van der Waals surface area contributed by atoms with Crippen molar-refractivity contribution in [3.8, 4) is 0 Å². The van der Waals surface area contributed by atoms with Crippen LogP contribution in [0.15, 0.2) is 24.3 Å². The average Bonchev–Trinajstić information content (AvgIpc) is 2.21. The van der Waals surface area contributed by atoms with Crippen LogP contribution in [-0.4, -0.2) is 31.6 Å². The Labute approximate surface area is 97.5 Å². The summed E-state index contributed by atoms with van der Waals surface area (Å²) < 4.78 is 12.9. The van der Waals surface area contributed by atoms with Crippen LogP contribution >= 0.6 is 0 Å². The van der Waals surface area contributed by atoms with Crippen LogP contribution in [0.1, 0.15) is 25.5 Å². The zero-order valence-electron chi connectivity index (χ0n) is 10.7. The van der Waals surface area contributed by atoms with E-state index in [0.29, 0.717) is 0 Å². The highest BCUT2D eigenvalue weighted by atomic mass is 19.1. The number of likely N-dealkylation sites (N-methyl/N-ethyl adjacent to an activating group) is 2. The Morgan fingerprint density at radius 1 is 1.19 bits per heavy atom.